The maximum atomic E-state index is 12.0. The van der Waals surface area contributed by atoms with Gasteiger partial charge in [-0.3, -0.25) is 9.69 Å². The summed E-state index contributed by atoms with van der Waals surface area (Å²) in [7, 11) is 0. The number of phenolic OH excluding ortho intramolecular Hbond substituents is 1. The Morgan fingerprint density at radius 2 is 2.10 bits per heavy atom. The molecule has 1 aromatic carbocycles. The number of rotatable bonds is 4. The van der Waals surface area contributed by atoms with Gasteiger partial charge in [0.15, 0.2) is 11.5 Å². The van der Waals surface area contributed by atoms with Crippen LogP contribution in [0.1, 0.15) is 19.4 Å². The van der Waals surface area contributed by atoms with Gasteiger partial charge in [0.25, 0.3) is 5.91 Å². The number of amides is 3. The summed E-state index contributed by atoms with van der Waals surface area (Å²) in [5.41, 5.74) is 0.813. The van der Waals surface area contributed by atoms with Gasteiger partial charge < -0.3 is 15.2 Å². The number of halogens is 1. The average Bonchev–Trinajstić information content (AvgIpc) is 2.69. The Labute approximate surface area is 130 Å². The van der Waals surface area contributed by atoms with Gasteiger partial charge >= 0.3 is 6.03 Å². The fourth-order valence-electron chi connectivity index (χ4n) is 1.95. The van der Waals surface area contributed by atoms with Crippen LogP contribution in [0.4, 0.5) is 4.79 Å². The lowest BCUT2D eigenvalue weighted by atomic mass is 10.1. The number of carbonyl (C=O) groups excluding carboxylic acids is 2. The summed E-state index contributed by atoms with van der Waals surface area (Å²) in [6.45, 7) is 4.25. The molecule has 0 spiro atoms. The van der Waals surface area contributed by atoms with Crippen LogP contribution in [0.15, 0.2) is 22.3 Å². The maximum absolute atomic E-state index is 12.0. The van der Waals surface area contributed by atoms with Crippen molar-refractivity contribution in [2.45, 2.75) is 13.8 Å². The summed E-state index contributed by atoms with van der Waals surface area (Å²) in [6.07, 6.45) is 1.54. The summed E-state index contributed by atoms with van der Waals surface area (Å²) in [5, 5.41) is 12.3. The molecular formula is C14H15BrN2O4. The molecule has 1 aliphatic rings. The predicted octanol–water partition coefficient (Wildman–Crippen LogP) is 2.47. The van der Waals surface area contributed by atoms with Gasteiger partial charge in [0.1, 0.15) is 5.70 Å². The van der Waals surface area contributed by atoms with Gasteiger partial charge in [0, 0.05) is 11.0 Å². The molecule has 0 aliphatic carbocycles. The highest BCUT2D eigenvalue weighted by Gasteiger charge is 2.32. The number of likely N-dealkylation sites (N-methyl/N-ethyl adjacent to an activating group) is 1. The van der Waals surface area contributed by atoms with Crippen molar-refractivity contribution in [1.29, 1.82) is 0 Å². The Morgan fingerprint density at radius 3 is 2.67 bits per heavy atom. The van der Waals surface area contributed by atoms with Crippen LogP contribution >= 0.6 is 15.9 Å². The number of hydrogen-bond acceptors (Lipinski definition) is 4. The number of benzene rings is 1. The van der Waals surface area contributed by atoms with Gasteiger partial charge in [-0.1, -0.05) is 15.9 Å². The molecule has 6 nitrogen and oxygen atoms in total. The van der Waals surface area contributed by atoms with Gasteiger partial charge in [0.2, 0.25) is 0 Å². The number of nitrogens with one attached hydrogen (secondary N) is 1. The maximum Gasteiger partial charge on any atom is 0.328 e. The number of carbonyl (C=O) groups is 2. The molecule has 1 aromatic rings. The monoisotopic (exact) mass is 354 g/mol. The molecule has 1 heterocycles. The number of imide groups is 1. The van der Waals surface area contributed by atoms with E-state index >= 15 is 0 Å². The standard InChI is InChI=1S/C14H15BrN2O4/c1-3-17-13(19)10(16-14(17)20)5-8-6-12(21-4-2)11(18)7-9(8)15/h5-7,18H,3-4H2,1-2H3,(H,16,20). The van der Waals surface area contributed by atoms with Crippen molar-refractivity contribution in [2.75, 3.05) is 13.2 Å². The minimum absolute atomic E-state index is 0.00263. The Balaban J connectivity index is 2.39. The molecule has 7 heteroatoms. The first-order valence-electron chi connectivity index (χ1n) is 6.47. The summed E-state index contributed by atoms with van der Waals surface area (Å²) in [5.74, 6) is -0.0556. The predicted molar refractivity (Wildman–Crippen MR) is 80.9 cm³/mol. The van der Waals surface area contributed by atoms with E-state index in [-0.39, 0.29) is 17.4 Å². The molecule has 1 saturated heterocycles. The molecule has 112 valence electrons. The minimum atomic E-state index is -0.436. The molecule has 21 heavy (non-hydrogen) atoms. The quantitative estimate of drug-likeness (QED) is 0.643. The summed E-state index contributed by atoms with van der Waals surface area (Å²) < 4.78 is 5.89. The molecule has 1 fully saturated rings. The van der Waals surface area contributed by atoms with Gasteiger partial charge in [-0.2, -0.15) is 0 Å². The number of hydrogen-bond donors (Lipinski definition) is 2. The zero-order valence-electron chi connectivity index (χ0n) is 11.6. The van der Waals surface area contributed by atoms with Crippen molar-refractivity contribution in [3.8, 4) is 11.5 Å². The molecule has 2 N–H and O–H groups in total. The zero-order valence-corrected chi connectivity index (χ0v) is 13.2. The van der Waals surface area contributed by atoms with E-state index in [0.717, 1.165) is 4.90 Å². The summed E-state index contributed by atoms with van der Waals surface area (Å²) in [6, 6.07) is 2.65. The van der Waals surface area contributed by atoms with Crippen molar-refractivity contribution in [3.05, 3.63) is 27.9 Å². The fourth-order valence-corrected chi connectivity index (χ4v) is 2.40. The first kappa shape index (κ1) is 15.4. The van der Waals surface area contributed by atoms with Crippen LogP contribution in [0, 0.1) is 0 Å². The van der Waals surface area contributed by atoms with Gasteiger partial charge in [0.05, 0.1) is 6.61 Å². The van der Waals surface area contributed by atoms with Crippen LogP contribution < -0.4 is 10.1 Å². The highest BCUT2D eigenvalue weighted by molar-refractivity contribution is 9.10. The Kier molecular flexibility index (Phi) is 4.52. The Morgan fingerprint density at radius 1 is 1.38 bits per heavy atom. The number of urea groups is 1. The van der Waals surface area contributed by atoms with Crippen LogP contribution in [-0.4, -0.2) is 35.1 Å². The first-order valence-corrected chi connectivity index (χ1v) is 7.27. The second-order valence-corrected chi connectivity index (χ2v) is 5.17. The first-order chi connectivity index (χ1) is 9.97. The van der Waals surface area contributed by atoms with Gasteiger partial charge in [-0.15, -0.1) is 0 Å². The van der Waals surface area contributed by atoms with E-state index < -0.39 is 6.03 Å². The minimum Gasteiger partial charge on any atom is -0.504 e. The molecule has 0 radical (unpaired) electrons. The number of nitrogens with zero attached hydrogens (tertiary/aromatic N) is 1. The lowest BCUT2D eigenvalue weighted by Gasteiger charge is -2.09. The lowest BCUT2D eigenvalue weighted by Crippen LogP contribution is -2.30. The number of ether oxygens (including phenoxy) is 1. The molecule has 0 bridgehead atoms. The summed E-state index contributed by atoms with van der Waals surface area (Å²) in [4.78, 5) is 24.7. The SMILES string of the molecule is CCOc1cc(C=C2NC(=O)N(CC)C2=O)c(Br)cc1O. The Hall–Kier alpha value is -2.02. The van der Waals surface area contributed by atoms with E-state index in [1.54, 1.807) is 26.0 Å². The van der Waals surface area contributed by atoms with Crippen molar-refractivity contribution in [3.63, 3.8) is 0 Å². The van der Waals surface area contributed by atoms with E-state index in [1.807, 2.05) is 0 Å². The van der Waals surface area contributed by atoms with E-state index in [1.165, 1.54) is 6.07 Å². The molecule has 0 saturated carbocycles. The molecule has 3 amide bonds. The topological polar surface area (TPSA) is 78.9 Å². The van der Waals surface area contributed by atoms with Crippen molar-refractivity contribution >= 4 is 33.9 Å². The third-order valence-electron chi connectivity index (χ3n) is 2.96. The number of phenols is 1. The van der Waals surface area contributed by atoms with E-state index in [9.17, 15) is 14.7 Å². The second kappa shape index (κ2) is 6.17. The lowest BCUT2D eigenvalue weighted by molar-refractivity contribution is -0.122. The van der Waals surface area contributed by atoms with Gasteiger partial charge in [-0.25, -0.2) is 4.79 Å². The Bertz CT molecular complexity index is 628. The second-order valence-electron chi connectivity index (χ2n) is 4.31. The average molecular weight is 355 g/mol. The fraction of sp³-hybridized carbons (Fsp3) is 0.286. The smallest absolute Gasteiger partial charge is 0.328 e. The van der Waals surface area contributed by atoms with Crippen LogP contribution in [0.5, 0.6) is 11.5 Å². The molecule has 0 atom stereocenters. The molecule has 0 aromatic heterocycles. The van der Waals surface area contributed by atoms with E-state index in [0.29, 0.717) is 28.9 Å². The van der Waals surface area contributed by atoms with Gasteiger partial charge in [-0.05, 0) is 37.6 Å². The van der Waals surface area contributed by atoms with Crippen molar-refractivity contribution in [2.24, 2.45) is 0 Å². The molecule has 2 rings (SSSR count). The summed E-state index contributed by atoms with van der Waals surface area (Å²) >= 11 is 3.31. The van der Waals surface area contributed by atoms with Crippen LogP contribution in [0.3, 0.4) is 0 Å². The zero-order chi connectivity index (χ0) is 15.6. The molecule has 1 aliphatic heterocycles. The van der Waals surface area contributed by atoms with Crippen molar-refractivity contribution < 1.29 is 19.4 Å². The third-order valence-corrected chi connectivity index (χ3v) is 3.64. The van der Waals surface area contributed by atoms with Crippen molar-refractivity contribution in [1.82, 2.24) is 10.2 Å². The largest absolute Gasteiger partial charge is 0.504 e. The van der Waals surface area contributed by atoms with Crippen LogP contribution in [0.25, 0.3) is 6.08 Å². The molecule has 0 unspecified atom stereocenters. The number of aromatic hydroxyl groups is 1. The van der Waals surface area contributed by atoms with E-state index in [4.69, 9.17) is 4.74 Å². The van der Waals surface area contributed by atoms with E-state index in [2.05, 4.69) is 21.2 Å². The third kappa shape index (κ3) is 3.02. The normalized spacial score (nSPS) is 16.5. The van der Waals surface area contributed by atoms with Crippen LogP contribution in [-0.2, 0) is 4.79 Å². The molecular weight excluding hydrogens is 340 g/mol. The highest BCUT2D eigenvalue weighted by atomic mass is 79.9. The highest BCUT2D eigenvalue weighted by Crippen LogP contribution is 2.34. The van der Waals surface area contributed by atoms with Crippen LogP contribution in [0.2, 0.25) is 0 Å².